The number of hydrogen-bond acceptors (Lipinski definition) is 6. The number of nitrogens with one attached hydrogen (secondary N) is 2. The van der Waals surface area contributed by atoms with Crippen molar-refractivity contribution in [3.63, 3.8) is 0 Å². The summed E-state index contributed by atoms with van der Waals surface area (Å²) in [5.41, 5.74) is 1.85. The summed E-state index contributed by atoms with van der Waals surface area (Å²) in [7, 11) is 0. The zero-order valence-corrected chi connectivity index (χ0v) is 16.4. The molecular formula is C22H15FN6O3. The third-order valence-electron chi connectivity index (χ3n) is 4.74. The van der Waals surface area contributed by atoms with E-state index in [1.54, 1.807) is 29.1 Å². The highest BCUT2D eigenvalue weighted by atomic mass is 19.1. The monoisotopic (exact) mass is 430 g/mol. The van der Waals surface area contributed by atoms with E-state index in [2.05, 4.69) is 25.8 Å². The third-order valence-corrected chi connectivity index (χ3v) is 4.74. The lowest BCUT2D eigenvalue weighted by Gasteiger charge is -2.21. The molecule has 0 aliphatic carbocycles. The lowest BCUT2D eigenvalue weighted by atomic mass is 10.1. The molecule has 10 heteroatoms. The zero-order valence-electron chi connectivity index (χ0n) is 16.4. The van der Waals surface area contributed by atoms with Crippen LogP contribution in [0, 0.1) is 0 Å². The molecule has 1 aliphatic heterocycles. The van der Waals surface area contributed by atoms with Crippen LogP contribution in [0.3, 0.4) is 0 Å². The van der Waals surface area contributed by atoms with Gasteiger partial charge in [0.1, 0.15) is 23.6 Å². The maximum Gasteiger partial charge on any atom is 0.317 e. The Morgan fingerprint density at radius 2 is 1.94 bits per heavy atom. The number of alkyl halides is 1. The summed E-state index contributed by atoms with van der Waals surface area (Å²) < 4.78 is 20.0. The van der Waals surface area contributed by atoms with Crippen LogP contribution in [0.1, 0.15) is 10.4 Å². The first-order chi connectivity index (χ1) is 15.6. The van der Waals surface area contributed by atoms with Crippen LogP contribution in [0.4, 0.5) is 15.9 Å². The molecule has 1 aliphatic rings. The van der Waals surface area contributed by atoms with Crippen LogP contribution in [-0.4, -0.2) is 37.9 Å². The van der Waals surface area contributed by atoms with Crippen LogP contribution < -0.4 is 15.4 Å². The number of anilines is 2. The van der Waals surface area contributed by atoms with Gasteiger partial charge in [0.05, 0.1) is 5.69 Å². The topological polar surface area (TPSA) is 111 Å². The van der Waals surface area contributed by atoms with Crippen LogP contribution in [0.15, 0.2) is 73.1 Å². The second kappa shape index (κ2) is 7.91. The Balaban J connectivity index is 1.39. The summed E-state index contributed by atoms with van der Waals surface area (Å²) >= 11 is 0. The maximum absolute atomic E-state index is 13.4. The van der Waals surface area contributed by atoms with Crippen LogP contribution in [0.2, 0.25) is 0 Å². The minimum Gasteiger partial charge on any atom is -0.450 e. The fraction of sp³-hybridized carbons (Fsp3) is 0.0455. The molecule has 0 fully saturated rings. The number of para-hydroxylation sites is 1. The molecule has 0 spiro atoms. The summed E-state index contributed by atoms with van der Waals surface area (Å²) in [6, 6.07) is 19.0. The average Bonchev–Trinajstić information content (AvgIpc) is 3.30. The van der Waals surface area contributed by atoms with Gasteiger partial charge in [-0.2, -0.15) is 4.39 Å². The van der Waals surface area contributed by atoms with Gasteiger partial charge in [0, 0.05) is 11.3 Å². The smallest absolute Gasteiger partial charge is 0.317 e. The second-order valence-corrected chi connectivity index (χ2v) is 6.86. The normalized spacial score (nSPS) is 14.8. The summed E-state index contributed by atoms with van der Waals surface area (Å²) in [5, 5.41) is 13.2. The van der Waals surface area contributed by atoms with Crippen molar-refractivity contribution in [3.8, 4) is 23.0 Å². The molecule has 2 amide bonds. The molecule has 158 valence electrons. The highest BCUT2D eigenvalue weighted by Crippen LogP contribution is 2.31. The zero-order chi connectivity index (χ0) is 22.1. The van der Waals surface area contributed by atoms with Gasteiger partial charge in [0.2, 0.25) is 0 Å². The summed E-state index contributed by atoms with van der Waals surface area (Å²) in [6.45, 7) is 0. The van der Waals surface area contributed by atoms with Gasteiger partial charge >= 0.3 is 6.36 Å². The molecular weight excluding hydrogens is 415 g/mol. The van der Waals surface area contributed by atoms with Crippen LogP contribution in [-0.2, 0) is 4.79 Å². The highest BCUT2D eigenvalue weighted by Gasteiger charge is 2.27. The Labute approximate surface area is 180 Å². The number of halogens is 1. The standard InChI is InChI=1S/C22H15FN6O3/c23-19-22(31)26-16-11-13(9-10-17(16)32-19)21(30)27-18-8-4-7-15(25-18)20-28-24-12-29(20)14-5-2-1-3-6-14/h1-12,19H,(H,26,31)(H,25,27,30). The molecule has 2 N–H and O–H groups in total. The van der Waals surface area contributed by atoms with E-state index in [-0.39, 0.29) is 17.0 Å². The summed E-state index contributed by atoms with van der Waals surface area (Å²) in [5.74, 6) is -0.418. The average molecular weight is 430 g/mol. The van der Waals surface area contributed by atoms with Gasteiger partial charge < -0.3 is 15.4 Å². The van der Waals surface area contributed by atoms with E-state index in [1.807, 2.05) is 30.3 Å². The van der Waals surface area contributed by atoms with Crippen molar-refractivity contribution in [1.29, 1.82) is 0 Å². The number of fused-ring (bicyclic) bond motifs is 1. The number of ether oxygens (including phenoxy) is 1. The molecule has 3 heterocycles. The Morgan fingerprint density at radius 3 is 2.78 bits per heavy atom. The van der Waals surface area contributed by atoms with Gasteiger partial charge in [-0.25, -0.2) is 4.98 Å². The van der Waals surface area contributed by atoms with Crippen molar-refractivity contribution in [3.05, 3.63) is 78.6 Å². The molecule has 5 rings (SSSR count). The Morgan fingerprint density at radius 1 is 1.09 bits per heavy atom. The number of hydrogen-bond donors (Lipinski definition) is 2. The van der Waals surface area contributed by atoms with Gasteiger partial charge in [-0.1, -0.05) is 24.3 Å². The Hall–Kier alpha value is -4.60. The predicted octanol–water partition coefficient (Wildman–Crippen LogP) is 3.21. The molecule has 0 saturated carbocycles. The molecule has 0 saturated heterocycles. The quantitative estimate of drug-likeness (QED) is 0.514. The van der Waals surface area contributed by atoms with E-state index in [0.29, 0.717) is 17.3 Å². The van der Waals surface area contributed by atoms with Crippen molar-refractivity contribution in [2.24, 2.45) is 0 Å². The highest BCUT2D eigenvalue weighted by molar-refractivity contribution is 6.06. The number of amides is 2. The number of pyridine rings is 1. The van der Waals surface area contributed by atoms with Crippen LogP contribution >= 0.6 is 0 Å². The summed E-state index contributed by atoms with van der Waals surface area (Å²) in [6.07, 6.45) is -0.490. The van der Waals surface area contributed by atoms with E-state index in [4.69, 9.17) is 4.74 Å². The third kappa shape index (κ3) is 3.65. The van der Waals surface area contributed by atoms with Gasteiger partial charge in [0.25, 0.3) is 11.8 Å². The maximum atomic E-state index is 13.4. The fourth-order valence-electron chi connectivity index (χ4n) is 3.23. The lowest BCUT2D eigenvalue weighted by Crippen LogP contribution is -2.33. The number of nitrogens with zero attached hydrogens (tertiary/aromatic N) is 4. The van der Waals surface area contributed by atoms with Gasteiger partial charge in [-0.3, -0.25) is 14.2 Å². The van der Waals surface area contributed by atoms with E-state index in [0.717, 1.165) is 5.69 Å². The Bertz CT molecular complexity index is 1320. The molecule has 1 atom stereocenters. The largest absolute Gasteiger partial charge is 0.450 e. The van der Waals surface area contributed by atoms with Crippen molar-refractivity contribution < 1.29 is 18.7 Å². The number of carbonyl (C=O) groups is 2. The molecule has 2 aromatic carbocycles. The van der Waals surface area contributed by atoms with Gasteiger partial charge in [-0.15, -0.1) is 10.2 Å². The number of rotatable bonds is 4. The lowest BCUT2D eigenvalue weighted by molar-refractivity contribution is -0.130. The first kappa shape index (κ1) is 19.4. The van der Waals surface area contributed by atoms with E-state index >= 15 is 0 Å². The van der Waals surface area contributed by atoms with Crippen LogP contribution in [0.25, 0.3) is 17.2 Å². The first-order valence-electron chi connectivity index (χ1n) is 9.58. The molecule has 0 radical (unpaired) electrons. The SMILES string of the molecule is O=C(Nc1cccc(-c2nncn2-c2ccccc2)n1)c1ccc2c(c1)NC(=O)C(F)O2. The number of benzene rings is 2. The van der Waals surface area contributed by atoms with Crippen molar-refractivity contribution >= 4 is 23.3 Å². The minimum absolute atomic E-state index is 0.147. The second-order valence-electron chi connectivity index (χ2n) is 6.86. The number of aromatic nitrogens is 4. The van der Waals surface area contributed by atoms with Crippen molar-refractivity contribution in [2.45, 2.75) is 6.36 Å². The van der Waals surface area contributed by atoms with Gasteiger partial charge in [-0.05, 0) is 42.5 Å². The van der Waals surface area contributed by atoms with Crippen LogP contribution in [0.5, 0.6) is 5.75 Å². The molecule has 32 heavy (non-hydrogen) atoms. The molecule has 9 nitrogen and oxygen atoms in total. The van der Waals surface area contributed by atoms with E-state index < -0.39 is 18.2 Å². The predicted molar refractivity (Wildman–Crippen MR) is 113 cm³/mol. The number of carbonyl (C=O) groups excluding carboxylic acids is 2. The first-order valence-corrected chi connectivity index (χ1v) is 9.58. The van der Waals surface area contributed by atoms with Crippen molar-refractivity contribution in [2.75, 3.05) is 10.6 Å². The fourth-order valence-corrected chi connectivity index (χ4v) is 3.23. The Kier molecular flexibility index (Phi) is 4.79. The van der Waals surface area contributed by atoms with E-state index in [1.165, 1.54) is 18.2 Å². The molecule has 0 bridgehead atoms. The summed E-state index contributed by atoms with van der Waals surface area (Å²) in [4.78, 5) is 28.7. The molecule has 2 aromatic heterocycles. The van der Waals surface area contributed by atoms with Crippen molar-refractivity contribution in [1.82, 2.24) is 19.7 Å². The van der Waals surface area contributed by atoms with Gasteiger partial charge in [0.15, 0.2) is 5.82 Å². The molecule has 4 aromatic rings. The molecule has 1 unspecified atom stereocenters. The minimum atomic E-state index is -2.08. The van der Waals surface area contributed by atoms with E-state index in [9.17, 15) is 14.0 Å².